The standard InChI is InChI=1S/C22H23FN4O2/c1-15-4-6-18(13-24-15)22(28)27-12-2-3-16(14-27)5-11-20-25-21(29-26-20)17-7-9-19(23)10-8-17/h4,6-10,13,16H,2-3,5,11-12,14H2,1H3. The third-order valence-corrected chi connectivity index (χ3v) is 5.30. The first-order chi connectivity index (χ1) is 14.1. The van der Waals surface area contributed by atoms with Crippen molar-refractivity contribution >= 4 is 5.91 Å². The lowest BCUT2D eigenvalue weighted by Crippen LogP contribution is -2.40. The Hall–Kier alpha value is -3.09. The topological polar surface area (TPSA) is 72.1 Å². The molecular weight excluding hydrogens is 371 g/mol. The predicted octanol–water partition coefficient (Wildman–Crippen LogP) is 4.06. The number of aromatic nitrogens is 3. The Labute approximate surface area is 168 Å². The summed E-state index contributed by atoms with van der Waals surface area (Å²) < 4.78 is 18.4. The van der Waals surface area contributed by atoms with E-state index >= 15 is 0 Å². The van der Waals surface area contributed by atoms with E-state index in [0.717, 1.165) is 38.0 Å². The number of carbonyl (C=O) groups is 1. The number of halogens is 1. The number of nitrogens with zero attached hydrogens (tertiary/aromatic N) is 4. The van der Waals surface area contributed by atoms with Gasteiger partial charge in [-0.15, -0.1) is 0 Å². The van der Waals surface area contributed by atoms with Crippen LogP contribution in [0.5, 0.6) is 0 Å². The average molecular weight is 394 g/mol. The molecule has 7 heteroatoms. The van der Waals surface area contributed by atoms with Crippen molar-refractivity contribution in [2.75, 3.05) is 13.1 Å². The lowest BCUT2D eigenvalue weighted by Gasteiger charge is -2.32. The second-order valence-corrected chi connectivity index (χ2v) is 7.51. The largest absolute Gasteiger partial charge is 0.338 e. The zero-order chi connectivity index (χ0) is 20.2. The number of aryl methyl sites for hydroxylation is 2. The van der Waals surface area contributed by atoms with Crippen LogP contribution >= 0.6 is 0 Å². The van der Waals surface area contributed by atoms with Gasteiger partial charge in [0.1, 0.15) is 5.82 Å². The molecule has 1 atom stereocenters. The van der Waals surface area contributed by atoms with E-state index in [1.807, 2.05) is 24.0 Å². The maximum atomic E-state index is 13.1. The zero-order valence-corrected chi connectivity index (χ0v) is 16.3. The van der Waals surface area contributed by atoms with Gasteiger partial charge >= 0.3 is 0 Å². The molecule has 0 saturated carbocycles. The van der Waals surface area contributed by atoms with Gasteiger partial charge in [-0.3, -0.25) is 9.78 Å². The van der Waals surface area contributed by atoms with Crippen LogP contribution in [0.15, 0.2) is 47.1 Å². The molecule has 1 aromatic carbocycles. The van der Waals surface area contributed by atoms with Crippen molar-refractivity contribution in [2.24, 2.45) is 5.92 Å². The summed E-state index contributed by atoms with van der Waals surface area (Å²) in [5.41, 5.74) is 2.24. The van der Waals surface area contributed by atoms with Gasteiger partial charge in [0, 0.05) is 37.0 Å². The van der Waals surface area contributed by atoms with Gasteiger partial charge in [0.25, 0.3) is 11.8 Å². The van der Waals surface area contributed by atoms with Gasteiger partial charge in [-0.1, -0.05) is 5.16 Å². The van der Waals surface area contributed by atoms with Crippen LogP contribution in [-0.2, 0) is 6.42 Å². The monoisotopic (exact) mass is 394 g/mol. The number of pyridine rings is 1. The van der Waals surface area contributed by atoms with E-state index < -0.39 is 0 Å². The number of likely N-dealkylation sites (tertiary alicyclic amines) is 1. The molecule has 0 bridgehead atoms. The zero-order valence-electron chi connectivity index (χ0n) is 16.3. The smallest absolute Gasteiger partial charge is 0.257 e. The SMILES string of the molecule is Cc1ccc(C(=O)N2CCCC(CCc3noc(-c4ccc(F)cc4)n3)C2)cn1. The molecule has 150 valence electrons. The first-order valence-electron chi connectivity index (χ1n) is 9.89. The summed E-state index contributed by atoms with van der Waals surface area (Å²) in [4.78, 5) is 23.3. The van der Waals surface area contributed by atoms with Crippen LogP contribution in [0.1, 0.15) is 41.1 Å². The van der Waals surface area contributed by atoms with Crippen LogP contribution < -0.4 is 0 Å². The number of piperidine rings is 1. The highest BCUT2D eigenvalue weighted by Gasteiger charge is 2.25. The number of amides is 1. The lowest BCUT2D eigenvalue weighted by molar-refractivity contribution is 0.0667. The van der Waals surface area contributed by atoms with Gasteiger partial charge in [0.15, 0.2) is 5.82 Å². The Kier molecular flexibility index (Phi) is 5.64. The van der Waals surface area contributed by atoms with Crippen LogP contribution in [-0.4, -0.2) is 39.0 Å². The molecule has 0 aliphatic carbocycles. The van der Waals surface area contributed by atoms with Crippen molar-refractivity contribution in [1.82, 2.24) is 20.0 Å². The summed E-state index contributed by atoms with van der Waals surface area (Å²) in [6.45, 7) is 3.42. The minimum Gasteiger partial charge on any atom is -0.338 e. The fraction of sp³-hybridized carbons (Fsp3) is 0.364. The van der Waals surface area contributed by atoms with Crippen molar-refractivity contribution in [2.45, 2.75) is 32.6 Å². The van der Waals surface area contributed by atoms with E-state index in [9.17, 15) is 9.18 Å². The molecule has 1 aliphatic heterocycles. The number of hydrogen-bond acceptors (Lipinski definition) is 5. The predicted molar refractivity (Wildman–Crippen MR) is 106 cm³/mol. The minimum absolute atomic E-state index is 0.0420. The number of hydrogen-bond donors (Lipinski definition) is 0. The van der Waals surface area contributed by atoms with E-state index in [1.54, 1.807) is 18.3 Å². The third-order valence-electron chi connectivity index (χ3n) is 5.30. The normalized spacial score (nSPS) is 16.8. The van der Waals surface area contributed by atoms with Crippen molar-refractivity contribution in [3.05, 3.63) is 65.5 Å². The van der Waals surface area contributed by atoms with E-state index in [1.165, 1.54) is 12.1 Å². The van der Waals surface area contributed by atoms with Crippen LogP contribution in [0.4, 0.5) is 4.39 Å². The second kappa shape index (κ2) is 8.51. The molecule has 4 rings (SSSR count). The molecule has 6 nitrogen and oxygen atoms in total. The highest BCUT2D eigenvalue weighted by atomic mass is 19.1. The molecule has 0 radical (unpaired) electrons. The van der Waals surface area contributed by atoms with Crippen molar-refractivity contribution < 1.29 is 13.7 Å². The summed E-state index contributed by atoms with van der Waals surface area (Å²) in [6, 6.07) is 9.69. The highest BCUT2D eigenvalue weighted by molar-refractivity contribution is 5.94. The quantitative estimate of drug-likeness (QED) is 0.652. The Morgan fingerprint density at radius 2 is 2.07 bits per heavy atom. The summed E-state index contributed by atoms with van der Waals surface area (Å²) >= 11 is 0. The molecule has 1 unspecified atom stereocenters. The van der Waals surface area contributed by atoms with Crippen LogP contribution in [0.2, 0.25) is 0 Å². The summed E-state index contributed by atoms with van der Waals surface area (Å²) in [7, 11) is 0. The molecular formula is C22H23FN4O2. The molecule has 3 heterocycles. The van der Waals surface area contributed by atoms with Crippen LogP contribution in [0, 0.1) is 18.7 Å². The van der Waals surface area contributed by atoms with Crippen molar-refractivity contribution in [3.63, 3.8) is 0 Å². The molecule has 1 amide bonds. The van der Waals surface area contributed by atoms with Gasteiger partial charge in [0.2, 0.25) is 0 Å². The molecule has 29 heavy (non-hydrogen) atoms. The van der Waals surface area contributed by atoms with E-state index in [-0.39, 0.29) is 11.7 Å². The van der Waals surface area contributed by atoms with Gasteiger partial charge in [-0.2, -0.15) is 4.98 Å². The van der Waals surface area contributed by atoms with Crippen LogP contribution in [0.3, 0.4) is 0 Å². The van der Waals surface area contributed by atoms with E-state index in [4.69, 9.17) is 4.52 Å². The highest BCUT2D eigenvalue weighted by Crippen LogP contribution is 2.23. The Bertz CT molecular complexity index is 969. The summed E-state index contributed by atoms with van der Waals surface area (Å²) in [5.74, 6) is 1.17. The van der Waals surface area contributed by atoms with Crippen LogP contribution in [0.25, 0.3) is 11.5 Å². The molecule has 2 aromatic heterocycles. The van der Waals surface area contributed by atoms with E-state index in [2.05, 4.69) is 15.1 Å². The van der Waals surface area contributed by atoms with Gasteiger partial charge < -0.3 is 9.42 Å². The molecule has 0 spiro atoms. The first-order valence-corrected chi connectivity index (χ1v) is 9.89. The van der Waals surface area contributed by atoms with Gasteiger partial charge in [0.05, 0.1) is 5.56 Å². The van der Waals surface area contributed by atoms with Crippen molar-refractivity contribution in [1.29, 1.82) is 0 Å². The number of benzene rings is 1. The first kappa shape index (κ1) is 19.2. The van der Waals surface area contributed by atoms with Gasteiger partial charge in [-0.25, -0.2) is 4.39 Å². The number of carbonyl (C=O) groups excluding carboxylic acids is 1. The molecule has 1 fully saturated rings. The molecule has 0 N–H and O–H groups in total. The third kappa shape index (κ3) is 4.67. The fourth-order valence-electron chi connectivity index (χ4n) is 3.66. The maximum absolute atomic E-state index is 13.1. The Balaban J connectivity index is 1.33. The molecule has 3 aromatic rings. The van der Waals surface area contributed by atoms with E-state index in [0.29, 0.717) is 35.2 Å². The molecule has 1 saturated heterocycles. The fourth-order valence-corrected chi connectivity index (χ4v) is 3.66. The summed E-state index contributed by atoms with van der Waals surface area (Å²) in [5, 5.41) is 4.04. The minimum atomic E-state index is -0.300. The maximum Gasteiger partial charge on any atom is 0.257 e. The van der Waals surface area contributed by atoms with Gasteiger partial charge in [-0.05, 0) is 68.5 Å². The number of rotatable bonds is 5. The summed E-state index contributed by atoms with van der Waals surface area (Å²) in [6.07, 6.45) is 5.29. The van der Waals surface area contributed by atoms with Crippen molar-refractivity contribution in [3.8, 4) is 11.5 Å². The molecule has 1 aliphatic rings. The second-order valence-electron chi connectivity index (χ2n) is 7.51. The lowest BCUT2D eigenvalue weighted by atomic mass is 9.93. The average Bonchev–Trinajstić information content (AvgIpc) is 3.22. The Morgan fingerprint density at radius 3 is 2.83 bits per heavy atom. The Morgan fingerprint density at radius 1 is 1.24 bits per heavy atom.